The predicted octanol–water partition coefficient (Wildman–Crippen LogP) is 1.86. The first-order chi connectivity index (χ1) is 6.33. The molecule has 2 amide bonds. The summed E-state index contributed by atoms with van der Waals surface area (Å²) in [4.78, 5) is 14.6. The van der Waals surface area contributed by atoms with E-state index >= 15 is 0 Å². The van der Waals surface area contributed by atoms with E-state index in [0.29, 0.717) is 5.69 Å². The molecule has 13 heavy (non-hydrogen) atoms. The van der Waals surface area contributed by atoms with Gasteiger partial charge in [0.2, 0.25) is 0 Å². The summed E-state index contributed by atoms with van der Waals surface area (Å²) in [5, 5.41) is 5.01. The van der Waals surface area contributed by atoms with Crippen LogP contribution in [0.25, 0.3) is 0 Å². The third kappa shape index (κ3) is 4.79. The molecule has 0 aromatic carbocycles. The summed E-state index contributed by atoms with van der Waals surface area (Å²) in [7, 11) is 1.56. The molecule has 0 bridgehead atoms. The Morgan fingerprint density at radius 1 is 1.46 bits per heavy atom. The number of nitrogens with zero attached hydrogens (tertiary/aromatic N) is 1. The van der Waals surface area contributed by atoms with Gasteiger partial charge in [0.05, 0.1) is 11.9 Å². The van der Waals surface area contributed by atoms with Crippen LogP contribution in [-0.2, 0) is 0 Å². The van der Waals surface area contributed by atoms with Crippen molar-refractivity contribution in [2.75, 3.05) is 12.4 Å². The average Bonchev–Trinajstić information content (AvgIpc) is 2.22. The van der Waals surface area contributed by atoms with Crippen molar-refractivity contribution in [3.05, 3.63) is 24.5 Å². The number of rotatable bonds is 1. The second-order valence-electron chi connectivity index (χ2n) is 1.95. The molecule has 0 unspecified atom stereocenters. The fourth-order valence-electron chi connectivity index (χ4n) is 0.630. The molecule has 1 rings (SSSR count). The van der Waals surface area contributed by atoms with Gasteiger partial charge in [0.1, 0.15) is 0 Å². The van der Waals surface area contributed by atoms with Crippen LogP contribution < -0.4 is 10.6 Å². The highest BCUT2D eigenvalue weighted by Gasteiger charge is 1.95. The SMILES string of the molecule is CC.CNC(=O)Nc1cccnc1. The molecule has 72 valence electrons. The van der Waals surface area contributed by atoms with Crippen molar-refractivity contribution in [2.45, 2.75) is 13.8 Å². The van der Waals surface area contributed by atoms with Crippen LogP contribution in [0.15, 0.2) is 24.5 Å². The van der Waals surface area contributed by atoms with Crippen LogP contribution in [-0.4, -0.2) is 18.1 Å². The summed E-state index contributed by atoms with van der Waals surface area (Å²) in [5.41, 5.74) is 0.687. The van der Waals surface area contributed by atoms with E-state index < -0.39 is 0 Å². The fraction of sp³-hybridized carbons (Fsp3) is 0.333. The van der Waals surface area contributed by atoms with Gasteiger partial charge in [-0.15, -0.1) is 0 Å². The van der Waals surface area contributed by atoms with Crippen molar-refractivity contribution >= 4 is 11.7 Å². The van der Waals surface area contributed by atoms with Crippen molar-refractivity contribution < 1.29 is 4.79 Å². The minimum Gasteiger partial charge on any atom is -0.341 e. The van der Waals surface area contributed by atoms with Crippen molar-refractivity contribution in [3.8, 4) is 0 Å². The normalized spacial score (nSPS) is 7.92. The van der Waals surface area contributed by atoms with Crippen LogP contribution in [0.4, 0.5) is 10.5 Å². The van der Waals surface area contributed by atoms with E-state index in [2.05, 4.69) is 15.6 Å². The van der Waals surface area contributed by atoms with Crippen LogP contribution in [0.1, 0.15) is 13.8 Å². The zero-order valence-electron chi connectivity index (χ0n) is 8.16. The monoisotopic (exact) mass is 181 g/mol. The molecule has 2 N–H and O–H groups in total. The summed E-state index contributed by atoms with van der Waals surface area (Å²) < 4.78 is 0. The Morgan fingerprint density at radius 3 is 2.62 bits per heavy atom. The molecule has 0 aliphatic heterocycles. The van der Waals surface area contributed by atoms with Gasteiger partial charge >= 0.3 is 6.03 Å². The molecule has 0 radical (unpaired) electrons. The third-order valence-electron chi connectivity index (χ3n) is 1.15. The topological polar surface area (TPSA) is 54.0 Å². The lowest BCUT2D eigenvalue weighted by molar-refractivity contribution is 0.254. The minimum absolute atomic E-state index is 0.238. The summed E-state index contributed by atoms with van der Waals surface area (Å²) in [6, 6.07) is 3.28. The number of nitrogens with one attached hydrogen (secondary N) is 2. The predicted molar refractivity (Wildman–Crippen MR) is 53.7 cm³/mol. The van der Waals surface area contributed by atoms with Gasteiger partial charge in [-0.2, -0.15) is 0 Å². The Balaban J connectivity index is 0.000000671. The van der Waals surface area contributed by atoms with Gasteiger partial charge in [0.15, 0.2) is 0 Å². The number of hydrogen-bond acceptors (Lipinski definition) is 2. The number of carbonyl (C=O) groups excluding carboxylic acids is 1. The Morgan fingerprint density at radius 2 is 2.15 bits per heavy atom. The van der Waals surface area contributed by atoms with Crippen molar-refractivity contribution in [2.24, 2.45) is 0 Å². The molecule has 0 fully saturated rings. The number of pyridine rings is 1. The lowest BCUT2D eigenvalue weighted by atomic mass is 10.4. The molecule has 4 heteroatoms. The lowest BCUT2D eigenvalue weighted by Crippen LogP contribution is -2.24. The summed E-state index contributed by atoms with van der Waals surface area (Å²) in [5.74, 6) is 0. The van der Waals surface area contributed by atoms with Crippen LogP contribution in [0.5, 0.6) is 0 Å². The summed E-state index contributed by atoms with van der Waals surface area (Å²) in [6.07, 6.45) is 3.23. The Labute approximate surface area is 78.4 Å². The molecular weight excluding hydrogens is 166 g/mol. The highest BCUT2D eigenvalue weighted by Crippen LogP contribution is 2.00. The number of aromatic nitrogens is 1. The van der Waals surface area contributed by atoms with Crippen LogP contribution in [0.3, 0.4) is 0 Å². The molecule has 1 aromatic heterocycles. The number of carbonyl (C=O) groups is 1. The van der Waals surface area contributed by atoms with Crippen LogP contribution in [0.2, 0.25) is 0 Å². The van der Waals surface area contributed by atoms with Gasteiger partial charge in [-0.25, -0.2) is 4.79 Å². The summed E-state index contributed by atoms with van der Waals surface area (Å²) >= 11 is 0. The smallest absolute Gasteiger partial charge is 0.319 e. The van der Waals surface area contributed by atoms with Gasteiger partial charge in [0.25, 0.3) is 0 Å². The standard InChI is InChI=1S/C7H9N3O.C2H6/c1-8-7(11)10-6-3-2-4-9-5-6;1-2/h2-5H,1H3,(H2,8,10,11);1-2H3. The van der Waals surface area contributed by atoms with E-state index in [4.69, 9.17) is 0 Å². The largest absolute Gasteiger partial charge is 0.341 e. The number of amides is 2. The molecule has 1 heterocycles. The molecule has 0 atom stereocenters. The molecule has 0 saturated carbocycles. The average molecular weight is 181 g/mol. The zero-order valence-corrected chi connectivity index (χ0v) is 8.16. The maximum Gasteiger partial charge on any atom is 0.319 e. The van der Waals surface area contributed by atoms with E-state index in [1.165, 1.54) is 0 Å². The fourth-order valence-corrected chi connectivity index (χ4v) is 0.630. The highest BCUT2D eigenvalue weighted by atomic mass is 16.2. The second-order valence-corrected chi connectivity index (χ2v) is 1.95. The molecular formula is C9H15N3O. The first-order valence-electron chi connectivity index (χ1n) is 4.21. The van der Waals surface area contributed by atoms with E-state index in [-0.39, 0.29) is 6.03 Å². The van der Waals surface area contributed by atoms with Gasteiger partial charge < -0.3 is 10.6 Å². The maximum atomic E-state index is 10.7. The molecule has 0 aliphatic carbocycles. The van der Waals surface area contributed by atoms with Gasteiger partial charge in [-0.05, 0) is 12.1 Å². The number of anilines is 1. The second kappa shape index (κ2) is 7.09. The van der Waals surface area contributed by atoms with Crippen molar-refractivity contribution in [3.63, 3.8) is 0 Å². The molecule has 4 nitrogen and oxygen atoms in total. The Kier molecular flexibility index (Phi) is 6.23. The van der Waals surface area contributed by atoms with Crippen molar-refractivity contribution in [1.29, 1.82) is 0 Å². The van der Waals surface area contributed by atoms with E-state index in [9.17, 15) is 4.79 Å². The van der Waals surface area contributed by atoms with Gasteiger partial charge in [0, 0.05) is 13.2 Å². The van der Waals surface area contributed by atoms with E-state index in [0.717, 1.165) is 0 Å². The number of urea groups is 1. The summed E-state index contributed by atoms with van der Waals surface area (Å²) in [6.45, 7) is 4.00. The lowest BCUT2D eigenvalue weighted by Gasteiger charge is -2.01. The minimum atomic E-state index is -0.238. The van der Waals surface area contributed by atoms with Gasteiger partial charge in [-0.3, -0.25) is 4.98 Å². The van der Waals surface area contributed by atoms with E-state index in [1.54, 1.807) is 31.6 Å². The van der Waals surface area contributed by atoms with Gasteiger partial charge in [-0.1, -0.05) is 13.8 Å². The Hall–Kier alpha value is -1.58. The van der Waals surface area contributed by atoms with Crippen molar-refractivity contribution in [1.82, 2.24) is 10.3 Å². The molecule has 0 saturated heterocycles. The maximum absolute atomic E-state index is 10.7. The highest BCUT2D eigenvalue weighted by molar-refractivity contribution is 5.88. The molecule has 1 aromatic rings. The third-order valence-corrected chi connectivity index (χ3v) is 1.15. The van der Waals surface area contributed by atoms with Crippen LogP contribution >= 0.6 is 0 Å². The quantitative estimate of drug-likeness (QED) is 0.694. The zero-order chi connectivity index (χ0) is 10.1. The first kappa shape index (κ1) is 11.4. The molecule has 0 aliphatic rings. The van der Waals surface area contributed by atoms with E-state index in [1.807, 2.05) is 13.8 Å². The van der Waals surface area contributed by atoms with Crippen LogP contribution in [0, 0.1) is 0 Å². The Bertz CT molecular complexity index is 236. The number of hydrogen-bond donors (Lipinski definition) is 2. The first-order valence-corrected chi connectivity index (χ1v) is 4.21. The molecule has 0 spiro atoms.